The highest BCUT2D eigenvalue weighted by atomic mass is 16.4. The predicted molar refractivity (Wildman–Crippen MR) is 111 cm³/mol. The normalized spacial score (nSPS) is 11.0. The number of benzene rings is 2. The number of hydrogen-bond donors (Lipinski definition) is 2. The smallest absolute Gasteiger partial charge is 0.336 e. The molecule has 0 bridgehead atoms. The summed E-state index contributed by atoms with van der Waals surface area (Å²) in [5.74, 6) is -1.66. The Morgan fingerprint density at radius 2 is 1.54 bits per heavy atom. The second kappa shape index (κ2) is 10.6. The Labute approximate surface area is 167 Å². The maximum absolute atomic E-state index is 11.9. The van der Waals surface area contributed by atoms with Crippen molar-refractivity contribution in [3.8, 4) is 0 Å². The summed E-state index contributed by atoms with van der Waals surface area (Å²) in [6.07, 6.45) is 6.88. The van der Waals surface area contributed by atoms with Gasteiger partial charge in [-0.15, -0.1) is 0 Å². The van der Waals surface area contributed by atoms with Crippen LogP contribution >= 0.6 is 0 Å². The second-order valence-corrected chi connectivity index (χ2v) is 7.75. The maximum Gasteiger partial charge on any atom is 0.336 e. The zero-order valence-electron chi connectivity index (χ0n) is 16.8. The lowest BCUT2D eigenvalue weighted by Gasteiger charge is -2.15. The fourth-order valence-electron chi connectivity index (χ4n) is 3.57. The van der Waals surface area contributed by atoms with Gasteiger partial charge in [0.1, 0.15) is 0 Å². The molecule has 0 spiro atoms. The number of aromatic carboxylic acids is 2. The van der Waals surface area contributed by atoms with Crippen molar-refractivity contribution < 1.29 is 19.8 Å². The third-order valence-corrected chi connectivity index (χ3v) is 5.06. The van der Waals surface area contributed by atoms with E-state index in [1.54, 1.807) is 6.07 Å². The highest BCUT2D eigenvalue weighted by Crippen LogP contribution is 2.25. The third-order valence-electron chi connectivity index (χ3n) is 5.06. The maximum atomic E-state index is 11.9. The van der Waals surface area contributed by atoms with Gasteiger partial charge in [0, 0.05) is 0 Å². The standard InChI is InChI=1S/C24H30O4/c1-17(2)10-6-3-4-9-13-19-14-15-20(23(25)26)22(24(27)28)21(19)16-18-11-7-5-8-12-18/h5,7-8,11-12,14-15,17H,3-4,6,9-10,13,16H2,1-2H3,(H,25,26)(H,27,28). The Balaban J connectivity index is 2.24. The first kappa shape index (κ1) is 21.7. The first-order chi connectivity index (χ1) is 13.4. The van der Waals surface area contributed by atoms with Gasteiger partial charge in [0.15, 0.2) is 0 Å². The van der Waals surface area contributed by atoms with E-state index in [0.29, 0.717) is 12.0 Å². The molecule has 0 radical (unpaired) electrons. The van der Waals surface area contributed by atoms with E-state index in [4.69, 9.17) is 0 Å². The molecule has 0 unspecified atom stereocenters. The summed E-state index contributed by atoms with van der Waals surface area (Å²) >= 11 is 0. The molecule has 2 aromatic carbocycles. The lowest BCUT2D eigenvalue weighted by molar-refractivity contribution is 0.0650. The van der Waals surface area contributed by atoms with Gasteiger partial charge in [-0.3, -0.25) is 0 Å². The van der Waals surface area contributed by atoms with E-state index in [2.05, 4.69) is 13.8 Å². The van der Waals surface area contributed by atoms with Gasteiger partial charge in [-0.2, -0.15) is 0 Å². The van der Waals surface area contributed by atoms with E-state index in [1.165, 1.54) is 25.3 Å². The first-order valence-electron chi connectivity index (χ1n) is 10.1. The lowest BCUT2D eigenvalue weighted by atomic mass is 9.89. The molecule has 2 rings (SSSR count). The van der Waals surface area contributed by atoms with E-state index < -0.39 is 11.9 Å². The van der Waals surface area contributed by atoms with Crippen molar-refractivity contribution in [2.75, 3.05) is 0 Å². The van der Waals surface area contributed by atoms with Crippen molar-refractivity contribution >= 4 is 11.9 Å². The molecule has 0 amide bonds. The van der Waals surface area contributed by atoms with Gasteiger partial charge in [-0.05, 0) is 47.9 Å². The molecule has 28 heavy (non-hydrogen) atoms. The summed E-state index contributed by atoms with van der Waals surface area (Å²) in [5, 5.41) is 19.2. The van der Waals surface area contributed by atoms with Gasteiger partial charge in [-0.1, -0.05) is 75.9 Å². The molecule has 4 nitrogen and oxygen atoms in total. The molecule has 0 heterocycles. The SMILES string of the molecule is CC(C)CCCCCCc1ccc(C(=O)O)c(C(=O)O)c1Cc1ccccc1. The zero-order valence-corrected chi connectivity index (χ0v) is 16.8. The van der Waals surface area contributed by atoms with Gasteiger partial charge in [0.25, 0.3) is 0 Å². The van der Waals surface area contributed by atoms with Crippen LogP contribution in [0.2, 0.25) is 0 Å². The van der Waals surface area contributed by atoms with Crippen LogP contribution in [0.1, 0.15) is 83.4 Å². The molecule has 0 atom stereocenters. The zero-order chi connectivity index (χ0) is 20.5. The van der Waals surface area contributed by atoms with Gasteiger partial charge in [-0.25, -0.2) is 9.59 Å². The topological polar surface area (TPSA) is 74.6 Å². The van der Waals surface area contributed by atoms with Crippen LogP contribution in [-0.2, 0) is 12.8 Å². The molecular weight excluding hydrogens is 352 g/mol. The molecule has 0 aliphatic heterocycles. The fraction of sp³-hybridized carbons (Fsp3) is 0.417. The molecule has 0 saturated heterocycles. The minimum Gasteiger partial charge on any atom is -0.478 e. The molecule has 0 fully saturated rings. The van der Waals surface area contributed by atoms with Crippen molar-refractivity contribution in [3.05, 3.63) is 70.3 Å². The number of carboxylic acid groups (broad SMARTS) is 2. The van der Waals surface area contributed by atoms with Gasteiger partial charge >= 0.3 is 11.9 Å². The molecule has 2 aromatic rings. The van der Waals surface area contributed by atoms with Crippen LogP contribution < -0.4 is 0 Å². The number of aryl methyl sites for hydroxylation is 1. The Bertz CT molecular complexity index is 794. The van der Waals surface area contributed by atoms with Crippen LogP contribution in [0.3, 0.4) is 0 Å². The van der Waals surface area contributed by atoms with Crippen LogP contribution in [0, 0.1) is 5.92 Å². The Hall–Kier alpha value is -2.62. The highest BCUT2D eigenvalue weighted by Gasteiger charge is 2.22. The third kappa shape index (κ3) is 6.22. The van der Waals surface area contributed by atoms with E-state index in [9.17, 15) is 19.8 Å². The van der Waals surface area contributed by atoms with Crippen molar-refractivity contribution in [2.45, 2.75) is 58.8 Å². The minimum atomic E-state index is -1.20. The van der Waals surface area contributed by atoms with Gasteiger partial charge < -0.3 is 10.2 Å². The van der Waals surface area contributed by atoms with Crippen LogP contribution in [0.25, 0.3) is 0 Å². The Morgan fingerprint density at radius 3 is 2.14 bits per heavy atom. The molecule has 0 aliphatic rings. The van der Waals surface area contributed by atoms with E-state index in [1.807, 2.05) is 30.3 Å². The molecule has 0 aromatic heterocycles. The summed E-state index contributed by atoms with van der Waals surface area (Å²) in [6.45, 7) is 4.46. The number of carboxylic acids is 2. The second-order valence-electron chi connectivity index (χ2n) is 7.75. The van der Waals surface area contributed by atoms with Gasteiger partial charge in [0.2, 0.25) is 0 Å². The summed E-state index contributed by atoms with van der Waals surface area (Å²) in [7, 11) is 0. The van der Waals surface area contributed by atoms with Crippen molar-refractivity contribution in [3.63, 3.8) is 0 Å². The summed E-state index contributed by atoms with van der Waals surface area (Å²) in [4.78, 5) is 23.5. The summed E-state index contributed by atoms with van der Waals surface area (Å²) in [5.41, 5.74) is 2.33. The summed E-state index contributed by atoms with van der Waals surface area (Å²) in [6, 6.07) is 12.8. The molecule has 2 N–H and O–H groups in total. The molecule has 150 valence electrons. The average Bonchev–Trinajstić information content (AvgIpc) is 2.65. The fourth-order valence-corrected chi connectivity index (χ4v) is 3.57. The average molecular weight is 383 g/mol. The van der Waals surface area contributed by atoms with Crippen molar-refractivity contribution in [1.29, 1.82) is 0 Å². The molecular formula is C24H30O4. The molecule has 0 aliphatic carbocycles. The Morgan fingerprint density at radius 1 is 0.857 bits per heavy atom. The van der Waals surface area contributed by atoms with E-state index >= 15 is 0 Å². The first-order valence-corrected chi connectivity index (χ1v) is 10.1. The Kier molecular flexibility index (Phi) is 8.24. The van der Waals surface area contributed by atoms with Gasteiger partial charge in [0.05, 0.1) is 11.1 Å². The monoisotopic (exact) mass is 382 g/mol. The largest absolute Gasteiger partial charge is 0.478 e. The quantitative estimate of drug-likeness (QED) is 0.480. The van der Waals surface area contributed by atoms with Crippen LogP contribution in [0.4, 0.5) is 0 Å². The lowest BCUT2D eigenvalue weighted by Crippen LogP contribution is -2.14. The van der Waals surface area contributed by atoms with Crippen LogP contribution in [-0.4, -0.2) is 22.2 Å². The van der Waals surface area contributed by atoms with Crippen LogP contribution in [0.15, 0.2) is 42.5 Å². The van der Waals surface area contributed by atoms with Crippen molar-refractivity contribution in [2.24, 2.45) is 5.92 Å². The van der Waals surface area contributed by atoms with E-state index in [0.717, 1.165) is 36.3 Å². The predicted octanol–water partition coefficient (Wildman–Crippen LogP) is 5.82. The van der Waals surface area contributed by atoms with E-state index in [-0.39, 0.29) is 11.1 Å². The minimum absolute atomic E-state index is 0.0753. The number of carbonyl (C=O) groups is 2. The van der Waals surface area contributed by atoms with Crippen LogP contribution in [0.5, 0.6) is 0 Å². The van der Waals surface area contributed by atoms with Crippen molar-refractivity contribution in [1.82, 2.24) is 0 Å². The number of unbranched alkanes of at least 4 members (excludes halogenated alkanes) is 3. The number of rotatable bonds is 11. The highest BCUT2D eigenvalue weighted by molar-refractivity contribution is 6.03. The molecule has 0 saturated carbocycles. The number of hydrogen-bond acceptors (Lipinski definition) is 2. The molecule has 4 heteroatoms. The summed E-state index contributed by atoms with van der Waals surface area (Å²) < 4.78 is 0.